The van der Waals surface area contributed by atoms with Crippen LogP contribution in [0.5, 0.6) is 5.75 Å². The molecule has 1 amide bonds. The summed E-state index contributed by atoms with van der Waals surface area (Å²) in [7, 11) is 1.33. The molecule has 6 nitrogen and oxygen atoms in total. The van der Waals surface area contributed by atoms with Crippen LogP contribution < -0.4 is 10.1 Å². The molecule has 0 bridgehead atoms. The van der Waals surface area contributed by atoms with Crippen LogP contribution in [-0.4, -0.2) is 37.9 Å². The van der Waals surface area contributed by atoms with E-state index in [9.17, 15) is 9.59 Å². The van der Waals surface area contributed by atoms with Crippen molar-refractivity contribution in [2.24, 2.45) is 5.92 Å². The summed E-state index contributed by atoms with van der Waals surface area (Å²) < 4.78 is 16.5. The quantitative estimate of drug-likeness (QED) is 0.676. The Kier molecular flexibility index (Phi) is 8.22. The van der Waals surface area contributed by atoms with E-state index in [1.165, 1.54) is 7.11 Å². The normalized spacial score (nSPS) is 12.2. The maximum atomic E-state index is 11.8. The van der Waals surface area contributed by atoms with Gasteiger partial charge in [0.05, 0.1) is 13.7 Å². The zero-order chi connectivity index (χ0) is 19.0. The minimum absolute atomic E-state index is 0.184. The van der Waals surface area contributed by atoms with Crippen molar-refractivity contribution in [3.05, 3.63) is 28.2 Å². The van der Waals surface area contributed by atoms with Gasteiger partial charge in [-0.25, -0.2) is 9.59 Å². The molecule has 25 heavy (non-hydrogen) atoms. The Balaban J connectivity index is 2.45. The van der Waals surface area contributed by atoms with Crippen LogP contribution in [0.4, 0.5) is 4.79 Å². The highest BCUT2D eigenvalue weighted by Gasteiger charge is 2.17. The first-order chi connectivity index (χ1) is 11.6. The van der Waals surface area contributed by atoms with Crippen LogP contribution in [-0.2, 0) is 9.47 Å². The fourth-order valence-electron chi connectivity index (χ4n) is 1.95. The summed E-state index contributed by atoms with van der Waals surface area (Å²) in [4.78, 5) is 23.4. The average molecular weight is 416 g/mol. The second kappa shape index (κ2) is 9.65. The van der Waals surface area contributed by atoms with Crippen molar-refractivity contribution in [1.29, 1.82) is 0 Å². The van der Waals surface area contributed by atoms with Crippen molar-refractivity contribution in [3.8, 4) is 5.75 Å². The molecule has 0 radical (unpaired) electrons. The summed E-state index contributed by atoms with van der Waals surface area (Å²) in [5.74, 6) is 0.210. The van der Waals surface area contributed by atoms with Gasteiger partial charge < -0.3 is 19.5 Å². The molecule has 0 fully saturated rings. The molecule has 1 N–H and O–H groups in total. The summed E-state index contributed by atoms with van der Waals surface area (Å²) in [6.45, 7) is 8.37. The number of methoxy groups -OCH3 is 1. The molecule has 0 aliphatic heterocycles. The first kappa shape index (κ1) is 21.3. The molecular formula is C18H26BrNO5. The van der Waals surface area contributed by atoms with Gasteiger partial charge in [-0.3, -0.25) is 0 Å². The van der Waals surface area contributed by atoms with E-state index in [1.54, 1.807) is 18.2 Å². The Labute approximate surface area is 157 Å². The van der Waals surface area contributed by atoms with E-state index in [4.69, 9.17) is 14.2 Å². The lowest BCUT2D eigenvalue weighted by atomic mass is 10.1. The molecule has 1 aromatic rings. The maximum Gasteiger partial charge on any atom is 0.407 e. The molecular weight excluding hydrogens is 390 g/mol. The van der Waals surface area contributed by atoms with E-state index in [0.717, 1.165) is 10.9 Å². The van der Waals surface area contributed by atoms with Gasteiger partial charge in [0.15, 0.2) is 0 Å². The molecule has 7 heteroatoms. The van der Waals surface area contributed by atoms with Gasteiger partial charge >= 0.3 is 12.1 Å². The molecule has 0 saturated heterocycles. The SMILES string of the molecule is COC(=O)c1cc(Br)ccc1OC[C@H](C)CCNC(=O)OC(C)(C)C. The van der Waals surface area contributed by atoms with Gasteiger partial charge in [0, 0.05) is 11.0 Å². The number of amides is 1. The fraction of sp³-hybridized carbons (Fsp3) is 0.556. The van der Waals surface area contributed by atoms with E-state index >= 15 is 0 Å². The molecule has 0 aromatic heterocycles. The standard InChI is InChI=1S/C18H26BrNO5/c1-12(8-9-20-17(22)25-18(2,3)4)11-24-15-7-6-13(19)10-14(15)16(21)23-5/h6-7,10,12H,8-9,11H2,1-5H3,(H,20,22)/t12-/m1/s1. The van der Waals surface area contributed by atoms with E-state index in [1.807, 2.05) is 27.7 Å². The Morgan fingerprint density at radius 1 is 1.28 bits per heavy atom. The minimum Gasteiger partial charge on any atom is -0.492 e. The molecule has 0 aliphatic carbocycles. The van der Waals surface area contributed by atoms with E-state index < -0.39 is 17.7 Å². The van der Waals surface area contributed by atoms with Crippen LogP contribution >= 0.6 is 15.9 Å². The third kappa shape index (κ3) is 8.25. The van der Waals surface area contributed by atoms with Gasteiger partial charge in [0.1, 0.15) is 16.9 Å². The van der Waals surface area contributed by atoms with E-state index in [0.29, 0.717) is 24.5 Å². The third-order valence-electron chi connectivity index (χ3n) is 3.18. The van der Waals surface area contributed by atoms with Gasteiger partial charge in [0.25, 0.3) is 0 Å². The number of hydrogen-bond acceptors (Lipinski definition) is 5. The van der Waals surface area contributed by atoms with Gasteiger partial charge in [-0.2, -0.15) is 0 Å². The smallest absolute Gasteiger partial charge is 0.407 e. The molecule has 0 spiro atoms. The lowest BCUT2D eigenvalue weighted by molar-refractivity contribution is 0.0521. The Hall–Kier alpha value is -1.76. The van der Waals surface area contributed by atoms with Crippen LogP contribution in [0.15, 0.2) is 22.7 Å². The summed E-state index contributed by atoms with van der Waals surface area (Å²) in [6, 6.07) is 5.19. The summed E-state index contributed by atoms with van der Waals surface area (Å²) >= 11 is 3.33. The molecule has 0 heterocycles. The monoisotopic (exact) mass is 415 g/mol. The molecule has 0 aliphatic rings. The number of esters is 1. The predicted molar refractivity (Wildman–Crippen MR) is 99.0 cm³/mol. The van der Waals surface area contributed by atoms with Crippen LogP contribution in [0, 0.1) is 5.92 Å². The third-order valence-corrected chi connectivity index (χ3v) is 3.67. The Bertz CT molecular complexity index is 598. The van der Waals surface area contributed by atoms with Gasteiger partial charge in [-0.15, -0.1) is 0 Å². The number of ether oxygens (including phenoxy) is 3. The second-order valence-corrected chi connectivity index (χ2v) is 7.68. The van der Waals surface area contributed by atoms with E-state index in [2.05, 4.69) is 21.2 Å². The maximum absolute atomic E-state index is 11.8. The number of rotatable bonds is 7. The zero-order valence-electron chi connectivity index (χ0n) is 15.3. The molecule has 1 aromatic carbocycles. The number of alkyl carbamates (subject to hydrolysis) is 1. The largest absolute Gasteiger partial charge is 0.492 e. The molecule has 1 rings (SSSR count). The topological polar surface area (TPSA) is 73.9 Å². The Morgan fingerprint density at radius 2 is 1.96 bits per heavy atom. The van der Waals surface area contributed by atoms with Gasteiger partial charge in [0.2, 0.25) is 0 Å². The van der Waals surface area contributed by atoms with Crippen molar-refractivity contribution >= 4 is 28.0 Å². The number of carbonyl (C=O) groups is 2. The first-order valence-corrected chi connectivity index (χ1v) is 8.89. The predicted octanol–water partition coefficient (Wildman–Crippen LogP) is 4.17. The lowest BCUT2D eigenvalue weighted by Gasteiger charge is -2.20. The van der Waals surface area contributed by atoms with Crippen molar-refractivity contribution in [2.45, 2.75) is 39.7 Å². The summed E-state index contributed by atoms with van der Waals surface area (Å²) in [5.41, 5.74) is -0.138. The molecule has 0 unspecified atom stereocenters. The van der Waals surface area contributed by atoms with Crippen molar-refractivity contribution in [2.75, 3.05) is 20.3 Å². The molecule has 0 saturated carbocycles. The number of hydrogen-bond donors (Lipinski definition) is 1. The van der Waals surface area contributed by atoms with Crippen molar-refractivity contribution in [1.82, 2.24) is 5.32 Å². The number of carbonyl (C=O) groups excluding carboxylic acids is 2. The highest BCUT2D eigenvalue weighted by atomic mass is 79.9. The summed E-state index contributed by atoms with van der Waals surface area (Å²) in [5, 5.41) is 2.72. The second-order valence-electron chi connectivity index (χ2n) is 6.77. The minimum atomic E-state index is -0.509. The van der Waals surface area contributed by atoms with Crippen LogP contribution in [0.2, 0.25) is 0 Å². The van der Waals surface area contributed by atoms with E-state index in [-0.39, 0.29) is 5.92 Å². The van der Waals surface area contributed by atoms with Crippen LogP contribution in [0.1, 0.15) is 44.5 Å². The Morgan fingerprint density at radius 3 is 2.56 bits per heavy atom. The molecule has 140 valence electrons. The first-order valence-electron chi connectivity index (χ1n) is 8.10. The summed E-state index contributed by atoms with van der Waals surface area (Å²) in [6.07, 6.45) is 0.296. The van der Waals surface area contributed by atoms with Gasteiger partial charge in [-0.05, 0) is 51.3 Å². The van der Waals surface area contributed by atoms with Gasteiger partial charge in [-0.1, -0.05) is 22.9 Å². The number of benzene rings is 1. The van der Waals surface area contributed by atoms with Crippen molar-refractivity contribution in [3.63, 3.8) is 0 Å². The highest BCUT2D eigenvalue weighted by Crippen LogP contribution is 2.24. The molecule has 1 atom stereocenters. The number of nitrogens with one attached hydrogen (secondary N) is 1. The lowest BCUT2D eigenvalue weighted by Crippen LogP contribution is -2.33. The highest BCUT2D eigenvalue weighted by molar-refractivity contribution is 9.10. The average Bonchev–Trinajstić information content (AvgIpc) is 2.51. The zero-order valence-corrected chi connectivity index (χ0v) is 16.9. The van der Waals surface area contributed by atoms with Crippen LogP contribution in [0.25, 0.3) is 0 Å². The van der Waals surface area contributed by atoms with Crippen molar-refractivity contribution < 1.29 is 23.8 Å². The van der Waals surface area contributed by atoms with Crippen LogP contribution in [0.3, 0.4) is 0 Å². The fourth-order valence-corrected chi connectivity index (χ4v) is 2.31. The number of halogens is 1.